The third-order valence-corrected chi connectivity index (χ3v) is 7.31. The third kappa shape index (κ3) is 3.81. The molecule has 0 N–H and O–H groups in total. The fourth-order valence-electron chi connectivity index (χ4n) is 3.44. The van der Waals surface area contributed by atoms with E-state index in [1.807, 2.05) is 30.9 Å². The van der Waals surface area contributed by atoms with Crippen molar-refractivity contribution in [3.05, 3.63) is 63.9 Å². The number of hydrogen-bond donors (Lipinski definition) is 0. The van der Waals surface area contributed by atoms with Crippen LogP contribution in [0.1, 0.15) is 11.1 Å². The maximum Gasteiger partial charge on any atom is 0.278 e. The van der Waals surface area contributed by atoms with Crippen molar-refractivity contribution in [3.63, 3.8) is 0 Å². The Morgan fingerprint density at radius 1 is 0.966 bits per heavy atom. The Balaban J connectivity index is 1.46. The molecule has 4 rings (SSSR count). The molecule has 0 radical (unpaired) electrons. The van der Waals surface area contributed by atoms with Gasteiger partial charge in [0.25, 0.3) is 5.56 Å². The van der Waals surface area contributed by atoms with Gasteiger partial charge in [-0.05, 0) is 49.2 Å². The second-order valence-electron chi connectivity index (χ2n) is 7.32. The summed E-state index contributed by atoms with van der Waals surface area (Å²) in [6, 6.07) is 12.3. The molecule has 0 unspecified atom stereocenters. The standard InChI is InChI=1S/C20H23N5O3S/c1-15-7-8-17(13-16(15)2)29(27,28)24-11-9-23(10-12-24)14-25-20(26)18-5-3-4-6-19(18)21-22-25/h3-8,13H,9-12,14H2,1-2H3. The molecule has 1 fully saturated rings. The third-order valence-electron chi connectivity index (χ3n) is 5.41. The molecule has 0 saturated carbocycles. The topological polar surface area (TPSA) is 88.4 Å². The SMILES string of the molecule is Cc1ccc(S(=O)(=O)N2CCN(Cn3nnc4ccccc4c3=O)CC2)cc1C. The van der Waals surface area contributed by atoms with Gasteiger partial charge in [0.1, 0.15) is 5.52 Å². The van der Waals surface area contributed by atoms with E-state index in [2.05, 4.69) is 10.3 Å². The Morgan fingerprint density at radius 2 is 1.69 bits per heavy atom. The summed E-state index contributed by atoms with van der Waals surface area (Å²) >= 11 is 0. The van der Waals surface area contributed by atoms with Crippen LogP contribution in [0.3, 0.4) is 0 Å². The van der Waals surface area contributed by atoms with Gasteiger partial charge in [-0.2, -0.15) is 8.99 Å². The lowest BCUT2D eigenvalue weighted by Gasteiger charge is -2.33. The first kappa shape index (κ1) is 19.7. The molecule has 0 aliphatic carbocycles. The number of sulfonamides is 1. The van der Waals surface area contributed by atoms with E-state index in [0.717, 1.165) is 11.1 Å². The molecule has 0 atom stereocenters. The second-order valence-corrected chi connectivity index (χ2v) is 9.26. The summed E-state index contributed by atoms with van der Waals surface area (Å²) in [7, 11) is -3.52. The number of hydrogen-bond acceptors (Lipinski definition) is 6. The molecule has 1 aromatic heterocycles. The van der Waals surface area contributed by atoms with Crippen LogP contribution in [0, 0.1) is 13.8 Å². The normalized spacial score (nSPS) is 16.3. The summed E-state index contributed by atoms with van der Waals surface area (Å²) in [5.74, 6) is 0. The lowest BCUT2D eigenvalue weighted by atomic mass is 10.1. The Kier molecular flexibility index (Phi) is 5.20. The van der Waals surface area contributed by atoms with Crippen LogP contribution in [0.4, 0.5) is 0 Å². The minimum Gasteiger partial charge on any atom is -0.282 e. The zero-order valence-corrected chi connectivity index (χ0v) is 17.3. The number of fused-ring (bicyclic) bond motifs is 1. The van der Waals surface area contributed by atoms with Gasteiger partial charge in [0.2, 0.25) is 10.0 Å². The molecule has 152 valence electrons. The molecule has 3 aromatic rings. The second kappa shape index (κ2) is 7.66. The first-order chi connectivity index (χ1) is 13.9. The predicted octanol–water partition coefficient (Wildman–Crippen LogP) is 1.37. The number of nitrogens with zero attached hydrogens (tertiary/aromatic N) is 5. The Morgan fingerprint density at radius 3 is 2.41 bits per heavy atom. The first-order valence-corrected chi connectivity index (χ1v) is 10.9. The van der Waals surface area contributed by atoms with Gasteiger partial charge in [0.05, 0.1) is 17.0 Å². The van der Waals surface area contributed by atoms with Crippen molar-refractivity contribution in [2.24, 2.45) is 0 Å². The van der Waals surface area contributed by atoms with Crippen molar-refractivity contribution in [2.75, 3.05) is 26.2 Å². The summed E-state index contributed by atoms with van der Waals surface area (Å²) in [6.45, 7) is 5.93. The summed E-state index contributed by atoms with van der Waals surface area (Å²) < 4.78 is 28.7. The molecular formula is C20H23N5O3S. The van der Waals surface area contributed by atoms with E-state index >= 15 is 0 Å². The summed E-state index contributed by atoms with van der Waals surface area (Å²) in [6.07, 6.45) is 0. The number of piperazine rings is 1. The molecule has 8 nitrogen and oxygen atoms in total. The Labute approximate surface area is 169 Å². The van der Waals surface area contributed by atoms with Crippen molar-refractivity contribution < 1.29 is 8.42 Å². The monoisotopic (exact) mass is 413 g/mol. The zero-order valence-electron chi connectivity index (χ0n) is 16.4. The number of aromatic nitrogens is 3. The van der Waals surface area contributed by atoms with E-state index in [1.165, 1.54) is 8.99 Å². The molecule has 1 aliphatic rings. The molecule has 29 heavy (non-hydrogen) atoms. The average molecular weight is 414 g/mol. The van der Waals surface area contributed by atoms with Crippen LogP contribution in [0.15, 0.2) is 52.2 Å². The van der Waals surface area contributed by atoms with Gasteiger partial charge >= 0.3 is 0 Å². The first-order valence-electron chi connectivity index (χ1n) is 9.48. The Bertz CT molecular complexity index is 1210. The smallest absolute Gasteiger partial charge is 0.278 e. The van der Waals surface area contributed by atoms with Crippen molar-refractivity contribution in [2.45, 2.75) is 25.4 Å². The van der Waals surface area contributed by atoms with Crippen LogP contribution in [0.25, 0.3) is 10.9 Å². The lowest BCUT2D eigenvalue weighted by Crippen LogP contribution is -2.49. The van der Waals surface area contributed by atoms with Gasteiger partial charge in [-0.25, -0.2) is 8.42 Å². The molecule has 2 heterocycles. The van der Waals surface area contributed by atoms with Crippen LogP contribution in [0.2, 0.25) is 0 Å². The van der Waals surface area contributed by atoms with Crippen molar-refractivity contribution in [1.82, 2.24) is 24.2 Å². The quantitative estimate of drug-likeness (QED) is 0.642. The fourth-order valence-corrected chi connectivity index (χ4v) is 4.95. The van der Waals surface area contributed by atoms with Crippen LogP contribution in [-0.4, -0.2) is 58.8 Å². The van der Waals surface area contributed by atoms with Gasteiger partial charge in [-0.1, -0.05) is 23.4 Å². The van der Waals surface area contributed by atoms with E-state index in [1.54, 1.807) is 30.3 Å². The van der Waals surface area contributed by atoms with Gasteiger partial charge in [0, 0.05) is 26.2 Å². The molecular weight excluding hydrogens is 390 g/mol. The van der Waals surface area contributed by atoms with E-state index in [0.29, 0.717) is 42.0 Å². The maximum atomic E-state index is 12.9. The van der Waals surface area contributed by atoms with Gasteiger partial charge in [-0.3, -0.25) is 9.69 Å². The highest BCUT2D eigenvalue weighted by molar-refractivity contribution is 7.89. The van der Waals surface area contributed by atoms with E-state index < -0.39 is 10.0 Å². The van der Waals surface area contributed by atoms with Crippen LogP contribution in [-0.2, 0) is 16.7 Å². The molecule has 0 amide bonds. The minimum absolute atomic E-state index is 0.194. The van der Waals surface area contributed by atoms with Crippen molar-refractivity contribution >= 4 is 20.9 Å². The van der Waals surface area contributed by atoms with E-state index in [9.17, 15) is 13.2 Å². The highest BCUT2D eigenvalue weighted by Crippen LogP contribution is 2.20. The summed E-state index contributed by atoms with van der Waals surface area (Å²) in [5.41, 5.74) is 2.40. The van der Waals surface area contributed by atoms with E-state index in [-0.39, 0.29) is 12.2 Å². The molecule has 2 aromatic carbocycles. The number of benzene rings is 2. The highest BCUT2D eigenvalue weighted by Gasteiger charge is 2.29. The van der Waals surface area contributed by atoms with Gasteiger partial charge < -0.3 is 0 Å². The zero-order chi connectivity index (χ0) is 20.6. The maximum absolute atomic E-state index is 12.9. The fraction of sp³-hybridized carbons (Fsp3) is 0.350. The van der Waals surface area contributed by atoms with Crippen LogP contribution < -0.4 is 5.56 Å². The van der Waals surface area contributed by atoms with Crippen LogP contribution in [0.5, 0.6) is 0 Å². The van der Waals surface area contributed by atoms with Crippen LogP contribution >= 0.6 is 0 Å². The number of aryl methyl sites for hydroxylation is 2. The van der Waals surface area contributed by atoms with Crippen molar-refractivity contribution in [3.8, 4) is 0 Å². The van der Waals surface area contributed by atoms with E-state index in [4.69, 9.17) is 0 Å². The molecule has 9 heteroatoms. The molecule has 1 saturated heterocycles. The largest absolute Gasteiger partial charge is 0.282 e. The van der Waals surface area contributed by atoms with Gasteiger partial charge in [-0.15, -0.1) is 5.10 Å². The summed E-state index contributed by atoms with van der Waals surface area (Å²) in [5, 5.41) is 8.64. The molecule has 0 bridgehead atoms. The predicted molar refractivity (Wildman–Crippen MR) is 110 cm³/mol. The van der Waals surface area contributed by atoms with Gasteiger partial charge in [0.15, 0.2) is 0 Å². The average Bonchev–Trinajstić information content (AvgIpc) is 2.72. The lowest BCUT2D eigenvalue weighted by molar-refractivity contribution is 0.141. The molecule has 1 aliphatic heterocycles. The number of rotatable bonds is 4. The molecule has 0 spiro atoms. The van der Waals surface area contributed by atoms with Crippen molar-refractivity contribution in [1.29, 1.82) is 0 Å². The Hall–Kier alpha value is -2.62. The minimum atomic E-state index is -3.52. The highest BCUT2D eigenvalue weighted by atomic mass is 32.2. The summed E-state index contributed by atoms with van der Waals surface area (Å²) in [4.78, 5) is 14.9.